The van der Waals surface area contributed by atoms with Crippen LogP contribution in [0.4, 0.5) is 0 Å². The van der Waals surface area contributed by atoms with E-state index in [0.29, 0.717) is 5.56 Å². The Morgan fingerprint density at radius 2 is 2.00 bits per heavy atom. The average molecular weight is 352 g/mol. The van der Waals surface area contributed by atoms with Crippen LogP contribution in [0.2, 0.25) is 0 Å². The van der Waals surface area contributed by atoms with Crippen molar-refractivity contribution < 1.29 is 4.79 Å². The van der Waals surface area contributed by atoms with Crippen LogP contribution in [0.15, 0.2) is 59.3 Å². The summed E-state index contributed by atoms with van der Waals surface area (Å²) in [6.07, 6.45) is 5.28. The summed E-state index contributed by atoms with van der Waals surface area (Å²) < 4.78 is 1.92. The van der Waals surface area contributed by atoms with Crippen molar-refractivity contribution in [2.75, 3.05) is 0 Å². The van der Waals surface area contributed by atoms with Crippen LogP contribution in [0.1, 0.15) is 42.4 Å². The summed E-state index contributed by atoms with van der Waals surface area (Å²) in [6.45, 7) is 6.43. The molecule has 25 heavy (non-hydrogen) atoms. The molecule has 0 aliphatic heterocycles. The molecule has 0 aliphatic rings. The molecule has 0 atom stereocenters. The van der Waals surface area contributed by atoms with Gasteiger partial charge in [0.25, 0.3) is 5.91 Å². The van der Waals surface area contributed by atoms with E-state index in [-0.39, 0.29) is 11.3 Å². The maximum absolute atomic E-state index is 12.2. The Hall–Kier alpha value is -2.73. The lowest BCUT2D eigenvalue weighted by Crippen LogP contribution is -2.18. The smallest absolute Gasteiger partial charge is 0.271 e. The molecule has 5 nitrogen and oxygen atoms in total. The molecule has 2 aromatic heterocycles. The van der Waals surface area contributed by atoms with E-state index in [2.05, 4.69) is 36.3 Å². The second-order valence-electron chi connectivity index (χ2n) is 6.64. The second-order valence-corrected chi connectivity index (χ2v) is 7.52. The number of aromatic nitrogens is 2. The average Bonchev–Trinajstić information content (AvgIpc) is 3.25. The van der Waals surface area contributed by atoms with E-state index in [4.69, 9.17) is 0 Å². The van der Waals surface area contributed by atoms with Crippen molar-refractivity contribution in [2.45, 2.75) is 26.2 Å². The largest absolute Gasteiger partial charge is 0.292 e. The topological polar surface area (TPSA) is 59.3 Å². The van der Waals surface area contributed by atoms with Gasteiger partial charge in [-0.1, -0.05) is 32.9 Å². The zero-order valence-corrected chi connectivity index (χ0v) is 15.2. The van der Waals surface area contributed by atoms with Crippen LogP contribution in [-0.4, -0.2) is 21.7 Å². The highest BCUT2D eigenvalue weighted by molar-refractivity contribution is 7.12. The highest BCUT2D eigenvalue weighted by Gasteiger charge is 2.14. The van der Waals surface area contributed by atoms with Crippen molar-refractivity contribution in [3.05, 3.63) is 71.0 Å². The van der Waals surface area contributed by atoms with Gasteiger partial charge in [0.15, 0.2) is 5.13 Å². The van der Waals surface area contributed by atoms with Gasteiger partial charge in [-0.25, -0.2) is 10.4 Å². The normalized spacial score (nSPS) is 11.8. The summed E-state index contributed by atoms with van der Waals surface area (Å²) in [4.78, 5) is 16.5. The Balaban J connectivity index is 1.67. The van der Waals surface area contributed by atoms with Gasteiger partial charge in [-0.2, -0.15) is 5.10 Å². The van der Waals surface area contributed by atoms with Crippen molar-refractivity contribution in [2.24, 2.45) is 5.10 Å². The predicted molar refractivity (Wildman–Crippen MR) is 102 cm³/mol. The molecule has 0 saturated heterocycles. The molecule has 0 spiro atoms. The lowest BCUT2D eigenvalue weighted by molar-refractivity contribution is 0.0955. The first-order valence-electron chi connectivity index (χ1n) is 7.96. The highest BCUT2D eigenvalue weighted by Crippen LogP contribution is 2.22. The van der Waals surface area contributed by atoms with Crippen molar-refractivity contribution in [1.29, 1.82) is 0 Å². The van der Waals surface area contributed by atoms with Gasteiger partial charge in [-0.15, -0.1) is 11.3 Å². The molecular weight excluding hydrogens is 332 g/mol. The monoisotopic (exact) mass is 352 g/mol. The number of nitrogens with one attached hydrogen (secondary N) is 1. The number of thiazole rings is 1. The summed E-state index contributed by atoms with van der Waals surface area (Å²) >= 11 is 1.54. The molecule has 2 heterocycles. The minimum atomic E-state index is -0.232. The number of rotatable bonds is 4. The molecule has 1 N–H and O–H groups in total. The Morgan fingerprint density at radius 3 is 2.64 bits per heavy atom. The lowest BCUT2D eigenvalue weighted by Gasteiger charge is -2.18. The van der Waals surface area contributed by atoms with E-state index < -0.39 is 0 Å². The molecule has 0 bridgehead atoms. The number of hydrogen-bond donors (Lipinski definition) is 1. The Bertz CT molecular complexity index is 871. The van der Waals surface area contributed by atoms with Crippen molar-refractivity contribution in [3.8, 4) is 5.13 Å². The first kappa shape index (κ1) is 17.1. The minimum absolute atomic E-state index is 0.0639. The third-order valence-corrected chi connectivity index (χ3v) is 4.55. The van der Waals surface area contributed by atoms with Crippen molar-refractivity contribution in [3.63, 3.8) is 0 Å². The molecule has 3 rings (SSSR count). The Kier molecular flexibility index (Phi) is 4.81. The van der Waals surface area contributed by atoms with Gasteiger partial charge in [0.2, 0.25) is 0 Å². The van der Waals surface area contributed by atoms with Gasteiger partial charge in [0.1, 0.15) is 0 Å². The van der Waals surface area contributed by atoms with Gasteiger partial charge in [0.05, 0.1) is 11.9 Å². The van der Waals surface area contributed by atoms with E-state index in [0.717, 1.165) is 10.8 Å². The summed E-state index contributed by atoms with van der Waals surface area (Å²) in [5, 5.41) is 6.84. The van der Waals surface area contributed by atoms with Crippen molar-refractivity contribution in [1.82, 2.24) is 15.0 Å². The van der Waals surface area contributed by atoms with Crippen LogP contribution in [0.25, 0.3) is 5.13 Å². The summed E-state index contributed by atoms with van der Waals surface area (Å²) in [6, 6.07) is 11.4. The van der Waals surface area contributed by atoms with Crippen LogP contribution in [0.5, 0.6) is 0 Å². The minimum Gasteiger partial charge on any atom is -0.292 e. The van der Waals surface area contributed by atoms with Crippen LogP contribution < -0.4 is 5.43 Å². The maximum Gasteiger partial charge on any atom is 0.271 e. The van der Waals surface area contributed by atoms with E-state index >= 15 is 0 Å². The van der Waals surface area contributed by atoms with E-state index in [1.165, 1.54) is 16.9 Å². The van der Waals surface area contributed by atoms with Crippen LogP contribution in [0, 0.1) is 0 Å². The predicted octanol–water partition coefficient (Wildman–Crippen LogP) is 4.00. The Labute approximate surface area is 151 Å². The molecular formula is C19H20N4OS. The highest BCUT2D eigenvalue weighted by atomic mass is 32.1. The maximum atomic E-state index is 12.2. The SMILES string of the molecule is CC(C)(C)c1ccc(C(=O)N/N=C\c2cccn2-c2nccs2)cc1. The fourth-order valence-electron chi connectivity index (χ4n) is 2.35. The van der Waals surface area contributed by atoms with E-state index in [1.54, 1.807) is 12.4 Å². The molecule has 6 heteroatoms. The van der Waals surface area contributed by atoms with Gasteiger partial charge >= 0.3 is 0 Å². The van der Waals surface area contributed by atoms with Gasteiger partial charge in [-0.3, -0.25) is 9.36 Å². The number of amides is 1. The number of carbonyl (C=O) groups is 1. The number of benzene rings is 1. The molecule has 3 aromatic rings. The zero-order valence-electron chi connectivity index (χ0n) is 14.4. The Morgan fingerprint density at radius 1 is 1.24 bits per heavy atom. The molecule has 1 amide bonds. The molecule has 0 saturated carbocycles. The van der Waals surface area contributed by atoms with Crippen LogP contribution in [-0.2, 0) is 5.41 Å². The molecule has 1 aromatic carbocycles. The van der Waals surface area contributed by atoms with Crippen LogP contribution in [0.3, 0.4) is 0 Å². The van der Waals surface area contributed by atoms with Crippen LogP contribution >= 0.6 is 11.3 Å². The third kappa shape index (κ3) is 4.03. The standard InChI is InChI=1S/C19H20N4OS/c1-19(2,3)15-8-6-14(7-9-15)17(24)22-21-13-16-5-4-11-23(16)18-20-10-12-25-18/h4-13H,1-3H3,(H,22,24)/b21-13-. The van der Waals surface area contributed by atoms with Crippen molar-refractivity contribution >= 4 is 23.5 Å². The number of carbonyl (C=O) groups excluding carboxylic acids is 1. The van der Waals surface area contributed by atoms with Gasteiger partial charge in [-0.05, 0) is 35.2 Å². The fraction of sp³-hybridized carbons (Fsp3) is 0.211. The summed E-state index contributed by atoms with van der Waals surface area (Å²) in [5.74, 6) is -0.232. The third-order valence-electron chi connectivity index (χ3n) is 3.78. The first-order valence-corrected chi connectivity index (χ1v) is 8.84. The molecule has 128 valence electrons. The van der Waals surface area contributed by atoms with E-state index in [9.17, 15) is 4.79 Å². The number of hydrogen-bond acceptors (Lipinski definition) is 4. The lowest BCUT2D eigenvalue weighted by atomic mass is 9.87. The first-order chi connectivity index (χ1) is 11.9. The van der Waals surface area contributed by atoms with Gasteiger partial charge in [0, 0.05) is 23.3 Å². The second kappa shape index (κ2) is 7.03. The molecule has 0 aliphatic carbocycles. The molecule has 0 radical (unpaired) electrons. The molecule has 0 fully saturated rings. The molecule has 0 unspecified atom stereocenters. The van der Waals surface area contributed by atoms with E-state index in [1.807, 2.05) is 52.5 Å². The van der Waals surface area contributed by atoms with Gasteiger partial charge < -0.3 is 0 Å². The zero-order chi connectivity index (χ0) is 17.9. The summed E-state index contributed by atoms with van der Waals surface area (Å²) in [7, 11) is 0. The quantitative estimate of drug-likeness (QED) is 0.570. The fourth-order valence-corrected chi connectivity index (χ4v) is 3.00. The summed E-state index contributed by atoms with van der Waals surface area (Å²) in [5.41, 5.74) is 5.25. The number of nitrogens with zero attached hydrogens (tertiary/aromatic N) is 3. The number of hydrazone groups is 1.